The van der Waals surface area contributed by atoms with E-state index in [0.29, 0.717) is 10.6 Å². The van der Waals surface area contributed by atoms with Crippen molar-refractivity contribution in [2.24, 2.45) is 0 Å². The average molecular weight is 368 g/mol. The van der Waals surface area contributed by atoms with Crippen LogP contribution in [0, 0.1) is 0 Å². The summed E-state index contributed by atoms with van der Waals surface area (Å²) in [4.78, 5) is 14.3. The lowest BCUT2D eigenvalue weighted by atomic mass is 10.1. The van der Waals surface area contributed by atoms with Crippen molar-refractivity contribution in [3.8, 4) is 0 Å². The van der Waals surface area contributed by atoms with Crippen molar-refractivity contribution in [3.63, 3.8) is 0 Å². The monoisotopic (exact) mass is 366 g/mol. The molecule has 2 rings (SSSR count). The minimum atomic E-state index is -0.221. The smallest absolute Gasteiger partial charge is 0.257 e. The van der Waals surface area contributed by atoms with Gasteiger partial charge in [0.2, 0.25) is 0 Å². The number of hydrogen-bond donors (Lipinski definition) is 1. The van der Waals surface area contributed by atoms with Crippen molar-refractivity contribution in [1.29, 1.82) is 0 Å². The van der Waals surface area contributed by atoms with Gasteiger partial charge in [0.25, 0.3) is 5.91 Å². The van der Waals surface area contributed by atoms with Gasteiger partial charge in [-0.05, 0) is 50.0 Å². The predicted molar refractivity (Wildman–Crippen MR) is 90.9 cm³/mol. The molecule has 0 aliphatic heterocycles. The number of nitrogens with zero attached hydrogens (tertiary/aromatic N) is 1. The first-order valence-corrected chi connectivity index (χ1v) is 7.63. The minimum Gasteiger partial charge on any atom is -0.322 e. The van der Waals surface area contributed by atoms with Crippen LogP contribution in [0.3, 0.4) is 0 Å². The number of hydrogen-bond acceptors (Lipinski definition) is 2. The van der Waals surface area contributed by atoms with Gasteiger partial charge in [-0.3, -0.25) is 4.79 Å². The maximum absolute atomic E-state index is 12.2. The zero-order valence-corrected chi connectivity index (χ0v) is 14.2. The molecule has 0 saturated heterocycles. The number of carbonyl (C=O) groups is 1. The van der Waals surface area contributed by atoms with E-state index in [9.17, 15) is 4.79 Å². The molecule has 0 saturated carbocycles. The molecule has 0 fully saturated rings. The van der Waals surface area contributed by atoms with Crippen LogP contribution in [0.25, 0.3) is 0 Å². The second kappa shape index (κ2) is 7.07. The average Bonchev–Trinajstić information content (AvgIpc) is 2.43. The molecule has 0 aliphatic carbocycles. The van der Waals surface area contributed by atoms with E-state index in [1.807, 2.05) is 38.4 Å². The van der Waals surface area contributed by atoms with Crippen molar-refractivity contribution in [1.82, 2.24) is 4.90 Å². The van der Waals surface area contributed by atoms with E-state index in [-0.39, 0.29) is 5.91 Å². The maximum atomic E-state index is 12.2. The number of halogens is 2. The van der Waals surface area contributed by atoms with E-state index in [2.05, 4.69) is 26.1 Å². The highest BCUT2D eigenvalue weighted by Crippen LogP contribution is 2.22. The van der Waals surface area contributed by atoms with Gasteiger partial charge in [0.1, 0.15) is 0 Å². The molecule has 0 aromatic heterocycles. The van der Waals surface area contributed by atoms with Crippen molar-refractivity contribution >= 4 is 39.1 Å². The number of nitrogens with one attached hydrogen (secondary N) is 1. The molecule has 5 heteroatoms. The third-order valence-corrected chi connectivity index (χ3v) is 3.71. The van der Waals surface area contributed by atoms with Crippen LogP contribution < -0.4 is 5.32 Å². The lowest BCUT2D eigenvalue weighted by Crippen LogP contribution is -2.13. The number of anilines is 1. The molecular weight excluding hydrogens is 352 g/mol. The van der Waals surface area contributed by atoms with Crippen molar-refractivity contribution in [3.05, 3.63) is 63.1 Å². The Labute approximate surface area is 138 Å². The van der Waals surface area contributed by atoms with Crippen LogP contribution in [0.2, 0.25) is 5.02 Å². The van der Waals surface area contributed by atoms with E-state index in [1.165, 1.54) is 5.56 Å². The molecule has 0 heterocycles. The van der Waals surface area contributed by atoms with Crippen LogP contribution >= 0.6 is 27.5 Å². The molecule has 0 radical (unpaired) electrons. The first kappa shape index (κ1) is 16.0. The van der Waals surface area contributed by atoms with E-state index in [4.69, 9.17) is 11.6 Å². The van der Waals surface area contributed by atoms with Gasteiger partial charge in [0.15, 0.2) is 0 Å². The van der Waals surface area contributed by atoms with E-state index >= 15 is 0 Å². The quantitative estimate of drug-likeness (QED) is 0.868. The highest BCUT2D eigenvalue weighted by molar-refractivity contribution is 9.10. The molecule has 0 unspecified atom stereocenters. The fraction of sp³-hybridized carbons (Fsp3) is 0.188. The Balaban J connectivity index is 2.10. The van der Waals surface area contributed by atoms with Crippen LogP contribution in [-0.4, -0.2) is 24.9 Å². The SMILES string of the molecule is CN(C)Cc1ccc(NC(=O)c2cc(Br)ccc2Cl)cc1. The fourth-order valence-corrected chi connectivity index (χ4v) is 2.49. The molecule has 0 atom stereocenters. The Morgan fingerprint density at radius 1 is 1.19 bits per heavy atom. The third-order valence-electron chi connectivity index (χ3n) is 2.88. The molecule has 21 heavy (non-hydrogen) atoms. The van der Waals surface area contributed by atoms with Gasteiger partial charge in [0.05, 0.1) is 10.6 Å². The van der Waals surface area contributed by atoms with Gasteiger partial charge in [-0.2, -0.15) is 0 Å². The first-order valence-electron chi connectivity index (χ1n) is 6.46. The molecule has 110 valence electrons. The maximum Gasteiger partial charge on any atom is 0.257 e. The molecule has 2 aromatic carbocycles. The summed E-state index contributed by atoms with van der Waals surface area (Å²) >= 11 is 9.39. The molecule has 1 N–H and O–H groups in total. The number of benzene rings is 2. The predicted octanol–water partition coefficient (Wildman–Crippen LogP) is 4.42. The van der Waals surface area contributed by atoms with Gasteiger partial charge in [0, 0.05) is 16.7 Å². The molecular formula is C16H16BrClN2O. The Hall–Kier alpha value is -1.36. The summed E-state index contributed by atoms with van der Waals surface area (Å²) in [5.74, 6) is -0.221. The first-order chi connectivity index (χ1) is 9.95. The molecule has 1 amide bonds. The van der Waals surface area contributed by atoms with Gasteiger partial charge in [-0.15, -0.1) is 0 Å². The summed E-state index contributed by atoms with van der Waals surface area (Å²) in [6.07, 6.45) is 0. The Bertz CT molecular complexity index is 641. The standard InChI is InChI=1S/C16H16BrClN2O/c1-20(2)10-11-3-6-13(7-4-11)19-16(21)14-9-12(17)5-8-15(14)18/h3-9H,10H2,1-2H3,(H,19,21). The van der Waals surface area contributed by atoms with Gasteiger partial charge >= 0.3 is 0 Å². The third kappa shape index (κ3) is 4.56. The minimum absolute atomic E-state index is 0.221. The summed E-state index contributed by atoms with van der Waals surface area (Å²) < 4.78 is 0.818. The summed E-state index contributed by atoms with van der Waals surface area (Å²) in [7, 11) is 4.04. The number of rotatable bonds is 4. The molecule has 0 bridgehead atoms. The topological polar surface area (TPSA) is 32.3 Å². The largest absolute Gasteiger partial charge is 0.322 e. The molecule has 3 nitrogen and oxygen atoms in total. The summed E-state index contributed by atoms with van der Waals surface area (Å²) in [5, 5.41) is 3.28. The van der Waals surface area contributed by atoms with Crippen LogP contribution in [0.4, 0.5) is 5.69 Å². The van der Waals surface area contributed by atoms with Gasteiger partial charge in [-0.25, -0.2) is 0 Å². The lowest BCUT2D eigenvalue weighted by molar-refractivity contribution is 0.102. The van der Waals surface area contributed by atoms with Crippen LogP contribution in [0.5, 0.6) is 0 Å². The van der Waals surface area contributed by atoms with Crippen molar-refractivity contribution in [2.45, 2.75) is 6.54 Å². The Morgan fingerprint density at radius 2 is 1.86 bits per heavy atom. The van der Waals surface area contributed by atoms with E-state index in [1.54, 1.807) is 18.2 Å². The Morgan fingerprint density at radius 3 is 2.48 bits per heavy atom. The number of carbonyl (C=O) groups excluding carboxylic acids is 1. The molecule has 2 aromatic rings. The van der Waals surface area contributed by atoms with Gasteiger partial charge < -0.3 is 10.2 Å². The zero-order valence-electron chi connectivity index (χ0n) is 11.9. The zero-order chi connectivity index (χ0) is 15.4. The molecule has 0 aliphatic rings. The summed E-state index contributed by atoms with van der Waals surface area (Å²) in [6.45, 7) is 0.867. The Kier molecular flexibility index (Phi) is 5.39. The lowest BCUT2D eigenvalue weighted by Gasteiger charge is -2.11. The van der Waals surface area contributed by atoms with Crippen LogP contribution in [-0.2, 0) is 6.54 Å². The normalized spacial score (nSPS) is 10.7. The highest BCUT2D eigenvalue weighted by Gasteiger charge is 2.11. The van der Waals surface area contributed by atoms with Gasteiger partial charge in [-0.1, -0.05) is 39.7 Å². The second-order valence-electron chi connectivity index (χ2n) is 5.01. The van der Waals surface area contributed by atoms with Crippen LogP contribution in [0.1, 0.15) is 15.9 Å². The summed E-state index contributed by atoms with van der Waals surface area (Å²) in [6, 6.07) is 13.0. The van der Waals surface area contributed by atoms with E-state index in [0.717, 1.165) is 16.7 Å². The molecule has 0 spiro atoms. The summed E-state index contributed by atoms with van der Waals surface area (Å²) in [5.41, 5.74) is 2.39. The number of amides is 1. The highest BCUT2D eigenvalue weighted by atomic mass is 79.9. The second-order valence-corrected chi connectivity index (χ2v) is 6.34. The van der Waals surface area contributed by atoms with Crippen molar-refractivity contribution in [2.75, 3.05) is 19.4 Å². The van der Waals surface area contributed by atoms with E-state index < -0.39 is 0 Å². The fourth-order valence-electron chi connectivity index (χ4n) is 1.93. The van der Waals surface area contributed by atoms with Crippen LogP contribution in [0.15, 0.2) is 46.9 Å². The van der Waals surface area contributed by atoms with Crippen molar-refractivity contribution < 1.29 is 4.79 Å².